The minimum absolute atomic E-state index is 0.129. The Balaban J connectivity index is 2.42. The zero-order valence-electron chi connectivity index (χ0n) is 10.7. The van der Waals surface area contributed by atoms with Gasteiger partial charge < -0.3 is 9.84 Å². The van der Waals surface area contributed by atoms with Gasteiger partial charge in [0.25, 0.3) is 0 Å². The van der Waals surface area contributed by atoms with Gasteiger partial charge in [0, 0.05) is 19.1 Å². The van der Waals surface area contributed by atoms with E-state index in [1.165, 1.54) is 7.11 Å². The van der Waals surface area contributed by atoms with Gasteiger partial charge in [-0.1, -0.05) is 20.3 Å². The van der Waals surface area contributed by atoms with Crippen LogP contribution in [0.4, 0.5) is 0 Å². The van der Waals surface area contributed by atoms with Gasteiger partial charge in [-0.2, -0.15) is 0 Å². The number of carbonyl (C=O) groups excluding carboxylic acids is 1. The van der Waals surface area contributed by atoms with Crippen molar-refractivity contribution in [3.05, 3.63) is 0 Å². The van der Waals surface area contributed by atoms with Crippen molar-refractivity contribution in [3.8, 4) is 0 Å². The SMILES string of the molecule is CCCC1(O)CN(C(C)C(C)C(=O)OC)C1. The van der Waals surface area contributed by atoms with Gasteiger partial charge in [-0.05, 0) is 13.3 Å². The molecular formula is C12H23NO3. The Bertz CT molecular complexity index is 249. The molecular weight excluding hydrogens is 206 g/mol. The predicted molar refractivity (Wildman–Crippen MR) is 62.1 cm³/mol. The fourth-order valence-electron chi connectivity index (χ4n) is 2.32. The average molecular weight is 229 g/mol. The van der Waals surface area contributed by atoms with Crippen LogP contribution in [0.1, 0.15) is 33.6 Å². The summed E-state index contributed by atoms with van der Waals surface area (Å²) in [5.74, 6) is -0.324. The van der Waals surface area contributed by atoms with E-state index in [0.29, 0.717) is 13.1 Å². The van der Waals surface area contributed by atoms with Crippen molar-refractivity contribution in [2.75, 3.05) is 20.2 Å². The van der Waals surface area contributed by atoms with Gasteiger partial charge in [-0.3, -0.25) is 9.69 Å². The van der Waals surface area contributed by atoms with E-state index >= 15 is 0 Å². The number of rotatable bonds is 5. The van der Waals surface area contributed by atoms with Gasteiger partial charge in [-0.15, -0.1) is 0 Å². The van der Waals surface area contributed by atoms with Crippen LogP contribution in [0.15, 0.2) is 0 Å². The molecule has 0 aromatic rings. The number of esters is 1. The molecule has 0 amide bonds. The Morgan fingerprint density at radius 3 is 2.50 bits per heavy atom. The zero-order valence-corrected chi connectivity index (χ0v) is 10.7. The summed E-state index contributed by atoms with van der Waals surface area (Å²) in [6.45, 7) is 7.29. The second-order valence-electron chi connectivity index (χ2n) is 4.93. The van der Waals surface area contributed by atoms with Crippen LogP contribution in [0.3, 0.4) is 0 Å². The Hall–Kier alpha value is -0.610. The van der Waals surface area contributed by atoms with E-state index in [1.54, 1.807) is 0 Å². The normalized spacial score (nSPS) is 23.3. The third-order valence-electron chi connectivity index (χ3n) is 3.58. The summed E-state index contributed by atoms with van der Waals surface area (Å²) in [7, 11) is 1.41. The summed E-state index contributed by atoms with van der Waals surface area (Å²) >= 11 is 0. The summed E-state index contributed by atoms with van der Waals surface area (Å²) < 4.78 is 4.72. The number of nitrogens with zero attached hydrogens (tertiary/aromatic N) is 1. The van der Waals surface area contributed by atoms with E-state index in [4.69, 9.17) is 4.74 Å². The van der Waals surface area contributed by atoms with E-state index in [2.05, 4.69) is 11.8 Å². The number of aliphatic hydroxyl groups is 1. The van der Waals surface area contributed by atoms with Crippen LogP contribution < -0.4 is 0 Å². The maximum Gasteiger partial charge on any atom is 0.309 e. The van der Waals surface area contributed by atoms with Gasteiger partial charge >= 0.3 is 5.97 Å². The number of hydrogen-bond acceptors (Lipinski definition) is 4. The molecule has 1 saturated heterocycles. The summed E-state index contributed by atoms with van der Waals surface area (Å²) in [5, 5.41) is 10.0. The van der Waals surface area contributed by atoms with Gasteiger partial charge in [0.05, 0.1) is 18.6 Å². The number of methoxy groups -OCH3 is 1. The van der Waals surface area contributed by atoms with Crippen molar-refractivity contribution in [1.29, 1.82) is 0 Å². The Labute approximate surface area is 97.6 Å². The third kappa shape index (κ3) is 2.74. The monoisotopic (exact) mass is 229 g/mol. The highest BCUT2D eigenvalue weighted by molar-refractivity contribution is 5.72. The molecule has 1 heterocycles. The van der Waals surface area contributed by atoms with E-state index in [1.807, 2.05) is 13.8 Å². The summed E-state index contributed by atoms with van der Waals surface area (Å²) in [5.41, 5.74) is -0.529. The van der Waals surface area contributed by atoms with E-state index in [0.717, 1.165) is 12.8 Å². The lowest BCUT2D eigenvalue weighted by Gasteiger charge is -2.50. The first-order valence-electron chi connectivity index (χ1n) is 5.98. The van der Waals surface area contributed by atoms with Crippen LogP contribution in [-0.4, -0.2) is 47.8 Å². The van der Waals surface area contributed by atoms with Crippen LogP contribution in [0.5, 0.6) is 0 Å². The van der Waals surface area contributed by atoms with Gasteiger partial charge in [-0.25, -0.2) is 0 Å². The molecule has 2 unspecified atom stereocenters. The number of hydrogen-bond donors (Lipinski definition) is 1. The van der Waals surface area contributed by atoms with Crippen LogP contribution in [-0.2, 0) is 9.53 Å². The van der Waals surface area contributed by atoms with Gasteiger partial charge in [0.1, 0.15) is 0 Å². The lowest BCUT2D eigenvalue weighted by atomic mass is 9.86. The standard InChI is InChI=1S/C12H23NO3/c1-5-6-12(15)7-13(8-12)10(3)9(2)11(14)16-4/h9-10,15H,5-8H2,1-4H3. The Morgan fingerprint density at radius 2 is 2.06 bits per heavy atom. The van der Waals surface area contributed by atoms with Crippen molar-refractivity contribution in [2.24, 2.45) is 5.92 Å². The second kappa shape index (κ2) is 5.15. The molecule has 0 aromatic carbocycles. The van der Waals surface area contributed by atoms with E-state index in [-0.39, 0.29) is 17.9 Å². The highest BCUT2D eigenvalue weighted by Crippen LogP contribution is 2.29. The predicted octanol–water partition coefficient (Wildman–Crippen LogP) is 1.03. The third-order valence-corrected chi connectivity index (χ3v) is 3.58. The first-order valence-corrected chi connectivity index (χ1v) is 5.98. The summed E-state index contributed by atoms with van der Waals surface area (Å²) in [4.78, 5) is 13.5. The van der Waals surface area contributed by atoms with Gasteiger partial charge in [0.15, 0.2) is 0 Å². The molecule has 94 valence electrons. The molecule has 1 N–H and O–H groups in total. The molecule has 16 heavy (non-hydrogen) atoms. The van der Waals surface area contributed by atoms with E-state index in [9.17, 15) is 9.90 Å². The molecule has 1 aliphatic heterocycles. The molecule has 0 saturated carbocycles. The lowest BCUT2D eigenvalue weighted by molar-refractivity contribution is -0.155. The van der Waals surface area contributed by atoms with Crippen molar-refractivity contribution >= 4 is 5.97 Å². The molecule has 1 rings (SSSR count). The molecule has 1 aliphatic rings. The summed E-state index contributed by atoms with van der Waals surface area (Å²) in [6.07, 6.45) is 1.83. The Morgan fingerprint density at radius 1 is 1.50 bits per heavy atom. The molecule has 4 heteroatoms. The van der Waals surface area contributed by atoms with Gasteiger partial charge in [0.2, 0.25) is 0 Å². The molecule has 0 radical (unpaired) electrons. The summed E-state index contributed by atoms with van der Waals surface area (Å²) in [6, 6.07) is 0.129. The maximum absolute atomic E-state index is 11.4. The number of ether oxygens (including phenoxy) is 1. The first-order chi connectivity index (χ1) is 7.43. The molecule has 2 atom stereocenters. The van der Waals surface area contributed by atoms with Crippen LogP contribution >= 0.6 is 0 Å². The zero-order chi connectivity index (χ0) is 12.3. The molecule has 0 spiro atoms. The number of likely N-dealkylation sites (tertiary alicyclic amines) is 1. The fraction of sp³-hybridized carbons (Fsp3) is 0.917. The molecule has 0 aliphatic carbocycles. The molecule has 1 fully saturated rings. The van der Waals surface area contributed by atoms with Crippen LogP contribution in [0.2, 0.25) is 0 Å². The van der Waals surface area contributed by atoms with Crippen molar-refractivity contribution in [2.45, 2.75) is 45.3 Å². The largest absolute Gasteiger partial charge is 0.469 e. The smallest absolute Gasteiger partial charge is 0.309 e. The molecule has 0 aromatic heterocycles. The molecule has 0 bridgehead atoms. The second-order valence-corrected chi connectivity index (χ2v) is 4.93. The lowest BCUT2D eigenvalue weighted by Crippen LogP contribution is -2.65. The van der Waals surface area contributed by atoms with Crippen LogP contribution in [0.25, 0.3) is 0 Å². The van der Waals surface area contributed by atoms with Crippen LogP contribution in [0, 0.1) is 5.92 Å². The highest BCUT2D eigenvalue weighted by atomic mass is 16.5. The average Bonchev–Trinajstić information content (AvgIpc) is 2.22. The topological polar surface area (TPSA) is 49.8 Å². The Kier molecular flexibility index (Phi) is 4.33. The van der Waals surface area contributed by atoms with Crippen molar-refractivity contribution in [3.63, 3.8) is 0 Å². The highest BCUT2D eigenvalue weighted by Gasteiger charge is 2.44. The number of β-amino-alcohol motifs (C(OH)–C–C–N with tert-alkyl or cyclic N) is 1. The minimum Gasteiger partial charge on any atom is -0.469 e. The quantitative estimate of drug-likeness (QED) is 0.715. The maximum atomic E-state index is 11.4. The molecule has 4 nitrogen and oxygen atoms in total. The van der Waals surface area contributed by atoms with Crippen molar-refractivity contribution < 1.29 is 14.6 Å². The minimum atomic E-state index is -0.529. The number of carbonyl (C=O) groups is 1. The van der Waals surface area contributed by atoms with E-state index < -0.39 is 5.60 Å². The fourth-order valence-corrected chi connectivity index (χ4v) is 2.32. The first kappa shape index (κ1) is 13.5. The van der Waals surface area contributed by atoms with Crippen molar-refractivity contribution in [1.82, 2.24) is 4.90 Å².